The first-order valence-corrected chi connectivity index (χ1v) is 12.0. The van der Waals surface area contributed by atoms with Crippen molar-refractivity contribution in [3.05, 3.63) is 77.9 Å². The molecule has 39 heavy (non-hydrogen) atoms. The summed E-state index contributed by atoms with van der Waals surface area (Å²) < 4.78 is 56.2. The quantitative estimate of drug-likeness (QED) is 0.414. The summed E-state index contributed by atoms with van der Waals surface area (Å²) in [6.45, 7) is 0.124. The minimum absolute atomic E-state index is 0.0610. The number of carbonyl (C=O) groups is 2. The summed E-state index contributed by atoms with van der Waals surface area (Å²) in [4.78, 5) is 33.8. The van der Waals surface area contributed by atoms with Crippen LogP contribution in [0.4, 0.5) is 13.2 Å². The van der Waals surface area contributed by atoms with E-state index in [2.05, 4.69) is 20.6 Å². The Morgan fingerprint density at radius 1 is 1.05 bits per heavy atom. The molecule has 0 radical (unpaired) electrons. The number of ether oxygens (including phenoxy) is 3. The van der Waals surface area contributed by atoms with Crippen molar-refractivity contribution in [2.75, 3.05) is 14.2 Å². The van der Waals surface area contributed by atoms with Crippen LogP contribution in [0.1, 0.15) is 40.7 Å². The van der Waals surface area contributed by atoms with E-state index in [1.165, 1.54) is 50.1 Å². The van der Waals surface area contributed by atoms with Crippen LogP contribution in [0.3, 0.4) is 0 Å². The Balaban J connectivity index is 1.43. The molecule has 9 nitrogen and oxygen atoms in total. The maximum absolute atomic E-state index is 13.5. The van der Waals surface area contributed by atoms with Crippen molar-refractivity contribution in [3.8, 4) is 17.2 Å². The zero-order chi connectivity index (χ0) is 28.0. The number of hydrogen-bond donors (Lipinski definition) is 2. The van der Waals surface area contributed by atoms with Gasteiger partial charge in [0.2, 0.25) is 5.91 Å². The van der Waals surface area contributed by atoms with Crippen LogP contribution in [0.15, 0.2) is 61.2 Å². The molecule has 1 aromatic heterocycles. The van der Waals surface area contributed by atoms with E-state index in [1.807, 2.05) is 0 Å². The van der Waals surface area contributed by atoms with Gasteiger partial charge in [0, 0.05) is 32.5 Å². The monoisotopic (exact) mass is 544 g/mol. The zero-order valence-corrected chi connectivity index (χ0v) is 21.2. The number of benzene rings is 2. The summed E-state index contributed by atoms with van der Waals surface area (Å²) in [5.41, 5.74) is -1.23. The summed E-state index contributed by atoms with van der Waals surface area (Å²) in [5, 5.41) is 5.69. The minimum atomic E-state index is -4.63. The van der Waals surface area contributed by atoms with Crippen LogP contribution >= 0.6 is 0 Å². The van der Waals surface area contributed by atoms with Gasteiger partial charge in [-0.3, -0.25) is 9.59 Å². The zero-order valence-electron chi connectivity index (χ0n) is 21.2. The van der Waals surface area contributed by atoms with E-state index < -0.39 is 23.2 Å². The molecule has 206 valence electrons. The lowest BCUT2D eigenvalue weighted by molar-refractivity contribution is -0.138. The second-order valence-electron chi connectivity index (χ2n) is 9.05. The number of rotatable bonds is 9. The van der Waals surface area contributed by atoms with Gasteiger partial charge in [0.05, 0.1) is 18.8 Å². The smallest absolute Gasteiger partial charge is 0.420 e. The van der Waals surface area contributed by atoms with Gasteiger partial charge in [0.15, 0.2) is 0 Å². The molecule has 1 aliphatic rings. The lowest BCUT2D eigenvalue weighted by Crippen LogP contribution is -2.57. The van der Waals surface area contributed by atoms with Crippen molar-refractivity contribution in [2.24, 2.45) is 0 Å². The van der Waals surface area contributed by atoms with E-state index in [-0.39, 0.29) is 41.4 Å². The van der Waals surface area contributed by atoms with Crippen molar-refractivity contribution >= 4 is 11.8 Å². The fraction of sp³-hybridized carbons (Fsp3) is 0.333. The first-order valence-electron chi connectivity index (χ1n) is 12.0. The Bertz CT molecular complexity index is 1310. The van der Waals surface area contributed by atoms with E-state index in [9.17, 15) is 22.8 Å². The second kappa shape index (κ2) is 11.7. The molecule has 0 bridgehead atoms. The van der Waals surface area contributed by atoms with Crippen LogP contribution < -0.4 is 20.1 Å². The highest BCUT2D eigenvalue weighted by molar-refractivity contribution is 5.99. The van der Waals surface area contributed by atoms with Crippen molar-refractivity contribution in [2.45, 2.75) is 43.6 Å². The molecule has 4 rings (SSSR count). The third-order valence-corrected chi connectivity index (χ3v) is 6.51. The van der Waals surface area contributed by atoms with Gasteiger partial charge in [-0.05, 0) is 48.7 Å². The second-order valence-corrected chi connectivity index (χ2v) is 9.05. The average Bonchev–Trinajstić information content (AvgIpc) is 3.37. The predicted octanol–water partition coefficient (Wildman–Crippen LogP) is 4.28. The minimum Gasteiger partial charge on any atom is -0.497 e. The SMILES string of the molecule is COc1ccc(Oc2ccc(CNC(=O)C3(NC(=O)c4cncnc4)CCC(OC)C3)cc2)c(C(F)(F)F)c1. The molecule has 0 saturated heterocycles. The highest BCUT2D eigenvalue weighted by Crippen LogP contribution is 2.40. The maximum atomic E-state index is 13.5. The van der Waals surface area contributed by atoms with Crippen LogP contribution in [-0.2, 0) is 22.3 Å². The van der Waals surface area contributed by atoms with Crippen molar-refractivity contribution in [1.29, 1.82) is 0 Å². The Kier molecular flexibility index (Phi) is 8.34. The third kappa shape index (κ3) is 6.63. The van der Waals surface area contributed by atoms with Crippen LogP contribution in [0.25, 0.3) is 0 Å². The fourth-order valence-corrected chi connectivity index (χ4v) is 4.38. The van der Waals surface area contributed by atoms with E-state index >= 15 is 0 Å². The molecule has 2 N–H and O–H groups in total. The molecule has 0 aliphatic heterocycles. The summed E-state index contributed by atoms with van der Waals surface area (Å²) in [7, 11) is 2.84. The Morgan fingerprint density at radius 2 is 1.74 bits per heavy atom. The number of methoxy groups -OCH3 is 2. The molecule has 0 spiro atoms. The molecule has 2 amide bonds. The summed E-state index contributed by atoms with van der Waals surface area (Å²) in [5.74, 6) is -0.958. The van der Waals surface area contributed by atoms with E-state index in [4.69, 9.17) is 14.2 Å². The normalized spacial score (nSPS) is 18.8. The first kappa shape index (κ1) is 27.8. The third-order valence-electron chi connectivity index (χ3n) is 6.51. The van der Waals surface area contributed by atoms with E-state index in [0.717, 1.165) is 6.07 Å². The van der Waals surface area contributed by atoms with E-state index in [0.29, 0.717) is 24.8 Å². The van der Waals surface area contributed by atoms with Crippen molar-refractivity contribution in [1.82, 2.24) is 20.6 Å². The van der Waals surface area contributed by atoms with Gasteiger partial charge in [-0.1, -0.05) is 12.1 Å². The number of nitrogens with zero attached hydrogens (tertiary/aromatic N) is 2. The molecular weight excluding hydrogens is 517 g/mol. The molecule has 12 heteroatoms. The first-order chi connectivity index (χ1) is 18.6. The molecule has 1 heterocycles. The number of halogens is 3. The molecular formula is C27H27F3N4O5. The van der Waals surface area contributed by atoms with E-state index in [1.54, 1.807) is 19.2 Å². The van der Waals surface area contributed by atoms with Crippen molar-refractivity contribution < 1.29 is 37.0 Å². The van der Waals surface area contributed by atoms with Gasteiger partial charge in [0.1, 0.15) is 34.7 Å². The van der Waals surface area contributed by atoms with Gasteiger partial charge in [0.25, 0.3) is 5.91 Å². The number of carbonyl (C=O) groups excluding carboxylic acids is 2. The fourth-order valence-electron chi connectivity index (χ4n) is 4.38. The standard InChI is InChI=1S/C27H27F3N4O5/c1-37-20-7-8-23(22(11-20)27(28,29)30)39-19-5-3-17(4-6-19)13-33-25(36)26(10-9-21(12-26)38-2)34-24(35)18-14-31-16-32-15-18/h3-8,11,14-16,21H,9-10,12-13H2,1-2H3,(H,33,36)(H,34,35). The topological polar surface area (TPSA) is 112 Å². The lowest BCUT2D eigenvalue weighted by Gasteiger charge is -2.29. The summed E-state index contributed by atoms with van der Waals surface area (Å²) >= 11 is 0. The van der Waals surface area contributed by atoms with Gasteiger partial charge in [-0.15, -0.1) is 0 Å². The molecule has 2 aromatic carbocycles. The van der Waals surface area contributed by atoms with Crippen LogP contribution in [0.2, 0.25) is 0 Å². The summed E-state index contributed by atoms with van der Waals surface area (Å²) in [6.07, 6.45) is 0.477. The Labute approximate surface area is 222 Å². The molecule has 2 unspecified atom stereocenters. The molecule has 1 saturated carbocycles. The summed E-state index contributed by atoms with van der Waals surface area (Å²) in [6, 6.07) is 9.72. The van der Waals surface area contributed by atoms with Crippen LogP contribution in [-0.4, -0.2) is 47.6 Å². The molecule has 3 aromatic rings. The molecule has 2 atom stereocenters. The largest absolute Gasteiger partial charge is 0.497 e. The lowest BCUT2D eigenvalue weighted by atomic mass is 9.95. The maximum Gasteiger partial charge on any atom is 0.420 e. The highest BCUT2D eigenvalue weighted by atomic mass is 19.4. The van der Waals surface area contributed by atoms with Crippen LogP contribution in [0.5, 0.6) is 17.2 Å². The molecule has 1 fully saturated rings. The Morgan fingerprint density at radius 3 is 2.36 bits per heavy atom. The number of hydrogen-bond acceptors (Lipinski definition) is 7. The predicted molar refractivity (Wildman–Crippen MR) is 133 cm³/mol. The Hall–Kier alpha value is -4.19. The number of nitrogens with one attached hydrogen (secondary N) is 2. The molecule has 1 aliphatic carbocycles. The number of amides is 2. The van der Waals surface area contributed by atoms with Gasteiger partial charge in [-0.2, -0.15) is 13.2 Å². The average molecular weight is 545 g/mol. The highest BCUT2D eigenvalue weighted by Gasteiger charge is 2.46. The van der Waals surface area contributed by atoms with Gasteiger partial charge < -0.3 is 24.8 Å². The van der Waals surface area contributed by atoms with Gasteiger partial charge >= 0.3 is 6.18 Å². The van der Waals surface area contributed by atoms with Crippen molar-refractivity contribution in [3.63, 3.8) is 0 Å². The number of aromatic nitrogens is 2. The van der Waals surface area contributed by atoms with Crippen LogP contribution in [0, 0.1) is 0 Å². The van der Waals surface area contributed by atoms with Gasteiger partial charge in [-0.25, -0.2) is 9.97 Å². The number of alkyl halides is 3.